The molecule has 10 heteroatoms. The molecule has 2 aromatic rings. The molecule has 0 bridgehead atoms. The van der Waals surface area contributed by atoms with Crippen molar-refractivity contribution in [3.8, 4) is 0 Å². The van der Waals surface area contributed by atoms with E-state index in [9.17, 15) is 9.90 Å². The third kappa shape index (κ3) is 3.07. The molecule has 0 saturated carbocycles. The predicted molar refractivity (Wildman–Crippen MR) is 80.3 cm³/mol. The molecule has 122 valence electrons. The fourth-order valence-electron chi connectivity index (χ4n) is 2.51. The van der Waals surface area contributed by atoms with Gasteiger partial charge in [-0.2, -0.15) is 9.97 Å². The minimum Gasteiger partial charge on any atom is -0.479 e. The summed E-state index contributed by atoms with van der Waals surface area (Å²) in [5.41, 5.74) is 9.07. The lowest BCUT2D eigenvalue weighted by atomic mass is 10.1. The summed E-state index contributed by atoms with van der Waals surface area (Å²) in [6.07, 6.45) is 6.28. The Morgan fingerprint density at radius 1 is 1.48 bits per heavy atom. The van der Waals surface area contributed by atoms with E-state index < -0.39 is 12.6 Å². The number of aromatic nitrogens is 4. The van der Waals surface area contributed by atoms with Gasteiger partial charge in [0.1, 0.15) is 0 Å². The standard InChI is InChI=1S/C13H16N6O4/c14-13-16-11(18-23-5-9(21)22)10-12(17-13)19(6-15-10)8-2-1-7(3-8)4-20/h1-2,6-8,20H,3-5H2,(H,21,22)(H3,14,16,17,18). The minimum absolute atomic E-state index is 0.0132. The van der Waals surface area contributed by atoms with E-state index in [0.717, 1.165) is 6.42 Å². The number of imidazole rings is 1. The number of nitrogen functional groups attached to an aromatic ring is 1. The first-order valence-corrected chi connectivity index (χ1v) is 6.97. The van der Waals surface area contributed by atoms with Crippen LogP contribution in [0.5, 0.6) is 0 Å². The average molecular weight is 320 g/mol. The van der Waals surface area contributed by atoms with Gasteiger partial charge in [0.05, 0.1) is 12.4 Å². The van der Waals surface area contributed by atoms with Crippen molar-refractivity contribution in [2.45, 2.75) is 12.5 Å². The van der Waals surface area contributed by atoms with Crippen LogP contribution in [0, 0.1) is 5.92 Å². The number of hydrogen-bond donors (Lipinski definition) is 4. The Kier molecular flexibility index (Phi) is 4.08. The Hall–Kier alpha value is -2.72. The van der Waals surface area contributed by atoms with Crippen molar-refractivity contribution in [1.82, 2.24) is 19.5 Å². The summed E-state index contributed by atoms with van der Waals surface area (Å²) >= 11 is 0. The highest BCUT2D eigenvalue weighted by Crippen LogP contribution is 2.31. The molecule has 0 amide bonds. The number of nitrogens with one attached hydrogen (secondary N) is 1. The van der Waals surface area contributed by atoms with Crippen LogP contribution in [0.4, 0.5) is 11.8 Å². The van der Waals surface area contributed by atoms with Crippen LogP contribution in [-0.2, 0) is 9.63 Å². The van der Waals surface area contributed by atoms with Gasteiger partial charge in [0.2, 0.25) is 5.95 Å². The molecule has 23 heavy (non-hydrogen) atoms. The van der Waals surface area contributed by atoms with Gasteiger partial charge in [-0.05, 0) is 6.42 Å². The first kappa shape index (κ1) is 15.2. The highest BCUT2D eigenvalue weighted by atomic mass is 16.7. The van der Waals surface area contributed by atoms with Crippen LogP contribution in [0.15, 0.2) is 18.5 Å². The van der Waals surface area contributed by atoms with E-state index in [1.54, 1.807) is 6.33 Å². The van der Waals surface area contributed by atoms with Gasteiger partial charge in [-0.15, -0.1) is 0 Å². The topological polar surface area (TPSA) is 148 Å². The molecule has 0 aliphatic heterocycles. The Labute approximate surface area is 130 Å². The molecule has 2 unspecified atom stereocenters. The molecule has 2 heterocycles. The highest BCUT2D eigenvalue weighted by molar-refractivity contribution is 5.84. The zero-order valence-corrected chi connectivity index (χ0v) is 12.1. The number of rotatable bonds is 6. The van der Waals surface area contributed by atoms with Crippen LogP contribution >= 0.6 is 0 Å². The molecule has 0 spiro atoms. The summed E-state index contributed by atoms with van der Waals surface area (Å²) in [6.45, 7) is -0.442. The largest absolute Gasteiger partial charge is 0.479 e. The molecule has 0 fully saturated rings. The van der Waals surface area contributed by atoms with E-state index in [1.165, 1.54) is 0 Å². The summed E-state index contributed by atoms with van der Waals surface area (Å²) in [5, 5.41) is 17.8. The highest BCUT2D eigenvalue weighted by Gasteiger charge is 2.23. The SMILES string of the molecule is Nc1nc(NOCC(=O)O)c2ncn(C3C=CC(CO)C3)c2n1. The van der Waals surface area contributed by atoms with Gasteiger partial charge in [0.15, 0.2) is 23.6 Å². The van der Waals surface area contributed by atoms with E-state index in [1.807, 2.05) is 16.7 Å². The van der Waals surface area contributed by atoms with Crippen molar-refractivity contribution < 1.29 is 19.8 Å². The van der Waals surface area contributed by atoms with Gasteiger partial charge in [-0.25, -0.2) is 15.3 Å². The van der Waals surface area contributed by atoms with Crippen LogP contribution < -0.4 is 11.2 Å². The quantitative estimate of drug-likeness (QED) is 0.424. The molecule has 0 radical (unpaired) electrons. The number of aliphatic hydroxyl groups excluding tert-OH is 1. The van der Waals surface area contributed by atoms with Gasteiger partial charge in [-0.3, -0.25) is 4.84 Å². The molecule has 1 aliphatic rings. The van der Waals surface area contributed by atoms with Crippen molar-refractivity contribution in [1.29, 1.82) is 0 Å². The Morgan fingerprint density at radius 2 is 2.30 bits per heavy atom. The maximum Gasteiger partial charge on any atom is 0.332 e. The smallest absolute Gasteiger partial charge is 0.332 e. The van der Waals surface area contributed by atoms with Gasteiger partial charge in [0.25, 0.3) is 0 Å². The lowest BCUT2D eigenvalue weighted by Gasteiger charge is -2.13. The van der Waals surface area contributed by atoms with E-state index in [-0.39, 0.29) is 30.3 Å². The first-order chi connectivity index (χ1) is 11.1. The zero-order valence-electron chi connectivity index (χ0n) is 12.1. The summed E-state index contributed by atoms with van der Waals surface area (Å²) in [7, 11) is 0. The molecular weight excluding hydrogens is 304 g/mol. The number of nitrogens with zero attached hydrogens (tertiary/aromatic N) is 4. The van der Waals surface area contributed by atoms with Gasteiger partial charge in [0, 0.05) is 12.5 Å². The number of carbonyl (C=O) groups is 1. The third-order valence-electron chi connectivity index (χ3n) is 3.54. The second-order valence-electron chi connectivity index (χ2n) is 5.17. The summed E-state index contributed by atoms with van der Waals surface area (Å²) in [4.78, 5) is 27.7. The monoisotopic (exact) mass is 320 g/mol. The number of aliphatic carboxylic acids is 1. The van der Waals surface area contributed by atoms with Crippen molar-refractivity contribution in [2.75, 3.05) is 24.4 Å². The number of anilines is 2. The average Bonchev–Trinajstić information content (AvgIpc) is 3.12. The van der Waals surface area contributed by atoms with Crippen molar-refractivity contribution in [3.05, 3.63) is 18.5 Å². The van der Waals surface area contributed by atoms with Gasteiger partial charge >= 0.3 is 5.97 Å². The van der Waals surface area contributed by atoms with E-state index in [0.29, 0.717) is 11.2 Å². The fraction of sp³-hybridized carbons (Fsp3) is 0.385. The number of carboxylic acids is 1. The Balaban J connectivity index is 1.89. The second-order valence-corrected chi connectivity index (χ2v) is 5.17. The zero-order chi connectivity index (χ0) is 16.4. The maximum atomic E-state index is 10.5. The van der Waals surface area contributed by atoms with E-state index in [4.69, 9.17) is 15.7 Å². The van der Waals surface area contributed by atoms with Crippen molar-refractivity contribution >= 4 is 28.9 Å². The molecule has 10 nitrogen and oxygen atoms in total. The number of hydrogen-bond acceptors (Lipinski definition) is 8. The molecule has 3 rings (SSSR count). The second kappa shape index (κ2) is 6.18. The van der Waals surface area contributed by atoms with Crippen molar-refractivity contribution in [3.63, 3.8) is 0 Å². The number of fused-ring (bicyclic) bond motifs is 1. The fourth-order valence-corrected chi connectivity index (χ4v) is 2.51. The van der Waals surface area contributed by atoms with E-state index in [2.05, 4.69) is 20.4 Å². The van der Waals surface area contributed by atoms with E-state index >= 15 is 0 Å². The maximum absolute atomic E-state index is 10.5. The molecule has 2 aromatic heterocycles. The number of nitrogens with two attached hydrogens (primary N) is 1. The van der Waals surface area contributed by atoms with Crippen LogP contribution in [0.2, 0.25) is 0 Å². The normalized spacial score (nSPS) is 20.2. The predicted octanol–water partition coefficient (Wildman–Crippen LogP) is -0.0539. The summed E-state index contributed by atoms with van der Waals surface area (Å²) in [5.74, 6) is -0.796. The number of carboxylic acid groups (broad SMARTS) is 1. The van der Waals surface area contributed by atoms with Crippen LogP contribution in [0.25, 0.3) is 11.2 Å². The third-order valence-corrected chi connectivity index (χ3v) is 3.54. The lowest BCUT2D eigenvalue weighted by Crippen LogP contribution is -2.13. The molecule has 0 aromatic carbocycles. The molecular formula is C13H16N6O4. The summed E-state index contributed by atoms with van der Waals surface area (Å²) < 4.78 is 1.84. The molecule has 5 N–H and O–H groups in total. The Morgan fingerprint density at radius 3 is 3.00 bits per heavy atom. The lowest BCUT2D eigenvalue weighted by molar-refractivity contribution is -0.141. The Bertz CT molecular complexity index is 758. The molecule has 0 saturated heterocycles. The molecule has 2 atom stereocenters. The van der Waals surface area contributed by atoms with Crippen LogP contribution in [0.3, 0.4) is 0 Å². The van der Waals surface area contributed by atoms with Gasteiger partial charge < -0.3 is 20.5 Å². The first-order valence-electron chi connectivity index (χ1n) is 6.97. The number of aliphatic hydroxyl groups is 1. The van der Waals surface area contributed by atoms with Crippen molar-refractivity contribution in [2.24, 2.45) is 5.92 Å². The van der Waals surface area contributed by atoms with Gasteiger partial charge in [-0.1, -0.05) is 12.2 Å². The number of allylic oxidation sites excluding steroid dienone is 1. The van der Waals surface area contributed by atoms with Crippen LogP contribution in [0.1, 0.15) is 12.5 Å². The minimum atomic E-state index is -1.12. The molecule has 1 aliphatic carbocycles. The van der Waals surface area contributed by atoms with Crippen LogP contribution in [-0.4, -0.2) is 48.9 Å². The summed E-state index contributed by atoms with van der Waals surface area (Å²) in [6, 6.07) is 0.0132.